The highest BCUT2D eigenvalue weighted by Crippen LogP contribution is 2.32. The van der Waals surface area contributed by atoms with Crippen LogP contribution < -0.4 is 11.1 Å². The van der Waals surface area contributed by atoms with Crippen molar-refractivity contribution in [1.82, 2.24) is 15.3 Å². The predicted molar refractivity (Wildman–Crippen MR) is 95.0 cm³/mol. The monoisotopic (exact) mass is 406 g/mol. The lowest BCUT2D eigenvalue weighted by Gasteiger charge is -2.05. The van der Waals surface area contributed by atoms with Gasteiger partial charge in [-0.25, -0.2) is 9.97 Å². The first-order valence-corrected chi connectivity index (χ1v) is 8.11. The number of rotatable bonds is 4. The molecule has 2 heterocycles. The summed E-state index contributed by atoms with van der Waals surface area (Å²) in [7, 11) is 0. The minimum atomic E-state index is -0.394. The zero-order chi connectivity index (χ0) is 17.1. The number of aromatic nitrogens is 2. The molecule has 6 nitrogen and oxygen atoms in total. The summed E-state index contributed by atoms with van der Waals surface area (Å²) < 4.78 is 6.51. The normalized spacial score (nSPS) is 11.7. The van der Waals surface area contributed by atoms with Crippen molar-refractivity contribution in [2.75, 3.05) is 0 Å². The van der Waals surface area contributed by atoms with Crippen molar-refractivity contribution < 1.29 is 9.21 Å². The molecule has 0 saturated heterocycles. The number of carbonyl (C=O) groups is 1. The summed E-state index contributed by atoms with van der Waals surface area (Å²) in [6.07, 6.45) is 4.26. The number of nitrogens with one attached hydrogen (secondary N) is 1. The number of nitrogens with zero attached hydrogens (tertiary/aromatic N) is 2. The predicted octanol–water partition coefficient (Wildman–Crippen LogP) is 3.25. The summed E-state index contributed by atoms with van der Waals surface area (Å²) in [5.74, 6) is 0.430. The van der Waals surface area contributed by atoms with Crippen molar-refractivity contribution in [3.05, 3.63) is 63.9 Å². The van der Waals surface area contributed by atoms with E-state index in [9.17, 15) is 4.79 Å². The van der Waals surface area contributed by atoms with Gasteiger partial charge >= 0.3 is 0 Å². The second kappa shape index (κ2) is 7.02. The number of halogens is 2. The van der Waals surface area contributed by atoms with Gasteiger partial charge in [0.15, 0.2) is 5.82 Å². The Balaban J connectivity index is 1.77. The van der Waals surface area contributed by atoms with E-state index in [-0.39, 0.29) is 17.9 Å². The number of fused-ring (bicyclic) bond motifs is 1. The van der Waals surface area contributed by atoms with Gasteiger partial charge in [0.1, 0.15) is 11.3 Å². The highest BCUT2D eigenvalue weighted by atomic mass is 79.9. The molecule has 0 saturated carbocycles. The molecule has 3 aromatic rings. The van der Waals surface area contributed by atoms with Gasteiger partial charge < -0.3 is 15.5 Å². The van der Waals surface area contributed by atoms with Crippen LogP contribution in [0.15, 0.2) is 51.7 Å². The minimum absolute atomic E-state index is 0.181. The molecule has 0 radical (unpaired) electrons. The standard InChI is InChI=1S/C16H12BrClN4O2/c17-12-2-3-13(18)10-6-9(24-14(10)12)8-22-16(23)11(7-19)15-20-4-1-5-21-15/h1-7H,8,19H2,(H,22,23)/b11-7+. The van der Waals surface area contributed by atoms with Crippen LogP contribution in [0, 0.1) is 0 Å². The smallest absolute Gasteiger partial charge is 0.256 e. The molecule has 8 heteroatoms. The molecule has 0 spiro atoms. The second-order valence-corrected chi connectivity index (χ2v) is 6.08. The molecular formula is C16H12BrClN4O2. The number of amides is 1. The molecule has 0 fully saturated rings. The molecule has 2 aromatic heterocycles. The molecule has 0 aliphatic rings. The molecule has 0 unspecified atom stereocenters. The molecule has 24 heavy (non-hydrogen) atoms. The van der Waals surface area contributed by atoms with Crippen molar-refractivity contribution in [3.63, 3.8) is 0 Å². The maximum atomic E-state index is 12.3. The maximum absolute atomic E-state index is 12.3. The fourth-order valence-corrected chi connectivity index (χ4v) is 2.78. The summed E-state index contributed by atoms with van der Waals surface area (Å²) in [5.41, 5.74) is 6.34. The van der Waals surface area contributed by atoms with Gasteiger partial charge in [0.05, 0.1) is 21.6 Å². The zero-order valence-corrected chi connectivity index (χ0v) is 14.6. The summed E-state index contributed by atoms with van der Waals surface area (Å²) >= 11 is 9.56. The summed E-state index contributed by atoms with van der Waals surface area (Å²) in [6.45, 7) is 0.181. The molecule has 0 bridgehead atoms. The molecule has 1 aromatic carbocycles. The van der Waals surface area contributed by atoms with Crippen molar-refractivity contribution in [2.45, 2.75) is 6.54 Å². The van der Waals surface area contributed by atoms with E-state index in [1.54, 1.807) is 24.3 Å². The number of carbonyl (C=O) groups excluding carboxylic acids is 1. The van der Waals surface area contributed by atoms with E-state index < -0.39 is 5.91 Å². The Kier molecular flexibility index (Phi) is 4.82. The molecule has 0 aliphatic heterocycles. The van der Waals surface area contributed by atoms with E-state index in [1.807, 2.05) is 0 Å². The number of hydrogen-bond acceptors (Lipinski definition) is 5. The fraction of sp³-hybridized carbons (Fsp3) is 0.0625. The highest BCUT2D eigenvalue weighted by Gasteiger charge is 2.15. The molecule has 0 aliphatic carbocycles. The Labute approximate surface area is 150 Å². The van der Waals surface area contributed by atoms with Gasteiger partial charge in [0, 0.05) is 24.0 Å². The van der Waals surface area contributed by atoms with Crippen LogP contribution in [-0.2, 0) is 11.3 Å². The Bertz CT molecular complexity index is 885. The first-order valence-electron chi connectivity index (χ1n) is 6.94. The minimum Gasteiger partial charge on any atom is -0.458 e. The van der Waals surface area contributed by atoms with E-state index in [2.05, 4.69) is 31.2 Å². The van der Waals surface area contributed by atoms with E-state index in [0.29, 0.717) is 16.4 Å². The van der Waals surface area contributed by atoms with Crippen LogP contribution in [0.5, 0.6) is 0 Å². The van der Waals surface area contributed by atoms with Crippen LogP contribution in [-0.4, -0.2) is 15.9 Å². The van der Waals surface area contributed by atoms with Crippen LogP contribution >= 0.6 is 27.5 Å². The topological polar surface area (TPSA) is 94.0 Å². The van der Waals surface area contributed by atoms with E-state index in [4.69, 9.17) is 21.8 Å². The zero-order valence-electron chi connectivity index (χ0n) is 12.3. The lowest BCUT2D eigenvalue weighted by Crippen LogP contribution is -2.25. The maximum Gasteiger partial charge on any atom is 0.256 e. The van der Waals surface area contributed by atoms with Crippen molar-refractivity contribution in [3.8, 4) is 0 Å². The third-order valence-electron chi connectivity index (χ3n) is 3.27. The second-order valence-electron chi connectivity index (χ2n) is 4.82. The van der Waals surface area contributed by atoms with Crippen LogP contribution in [0.1, 0.15) is 11.6 Å². The summed E-state index contributed by atoms with van der Waals surface area (Å²) in [6, 6.07) is 7.02. The Hall–Kier alpha value is -2.38. The quantitative estimate of drug-likeness (QED) is 0.647. The number of furan rings is 1. The van der Waals surface area contributed by atoms with Gasteiger partial charge in [0.2, 0.25) is 0 Å². The van der Waals surface area contributed by atoms with Crippen molar-refractivity contribution in [2.24, 2.45) is 5.73 Å². The van der Waals surface area contributed by atoms with Gasteiger partial charge in [-0.15, -0.1) is 0 Å². The lowest BCUT2D eigenvalue weighted by atomic mass is 10.2. The van der Waals surface area contributed by atoms with Crippen LogP contribution in [0.4, 0.5) is 0 Å². The number of benzene rings is 1. The number of nitrogens with two attached hydrogens (primary N) is 1. The van der Waals surface area contributed by atoms with Gasteiger partial charge in [-0.2, -0.15) is 0 Å². The largest absolute Gasteiger partial charge is 0.458 e. The van der Waals surface area contributed by atoms with Gasteiger partial charge in [-0.05, 0) is 40.2 Å². The molecular weight excluding hydrogens is 396 g/mol. The molecule has 3 rings (SSSR count). The van der Waals surface area contributed by atoms with Gasteiger partial charge in [0.25, 0.3) is 5.91 Å². The molecule has 3 N–H and O–H groups in total. The van der Waals surface area contributed by atoms with E-state index >= 15 is 0 Å². The van der Waals surface area contributed by atoms with Crippen molar-refractivity contribution >= 4 is 50.0 Å². The number of hydrogen-bond donors (Lipinski definition) is 2. The lowest BCUT2D eigenvalue weighted by molar-refractivity contribution is -0.115. The van der Waals surface area contributed by atoms with E-state index in [0.717, 1.165) is 9.86 Å². The van der Waals surface area contributed by atoms with Crippen LogP contribution in [0.25, 0.3) is 16.5 Å². The van der Waals surface area contributed by atoms with Gasteiger partial charge in [-0.3, -0.25) is 4.79 Å². The molecule has 1 amide bonds. The fourth-order valence-electron chi connectivity index (χ4n) is 2.15. The molecule has 122 valence electrons. The first-order chi connectivity index (χ1) is 11.6. The van der Waals surface area contributed by atoms with Crippen molar-refractivity contribution in [1.29, 1.82) is 0 Å². The summed E-state index contributed by atoms with van der Waals surface area (Å²) in [4.78, 5) is 20.3. The van der Waals surface area contributed by atoms with Crippen LogP contribution in [0.2, 0.25) is 5.02 Å². The van der Waals surface area contributed by atoms with E-state index in [1.165, 1.54) is 18.6 Å². The first kappa shape index (κ1) is 16.5. The van der Waals surface area contributed by atoms with Gasteiger partial charge in [-0.1, -0.05) is 11.6 Å². The average Bonchev–Trinajstić information content (AvgIpc) is 3.04. The Morgan fingerprint density at radius 1 is 1.38 bits per heavy atom. The third kappa shape index (κ3) is 3.27. The third-order valence-corrected chi connectivity index (χ3v) is 4.23. The summed E-state index contributed by atoms with van der Waals surface area (Å²) in [5, 5.41) is 4.08. The Morgan fingerprint density at radius 2 is 2.12 bits per heavy atom. The molecule has 0 atom stereocenters. The van der Waals surface area contributed by atoms with Crippen LogP contribution in [0.3, 0.4) is 0 Å². The SMILES string of the molecule is N/C=C(/C(=O)NCc1cc2c(Cl)ccc(Br)c2o1)c1ncccn1. The Morgan fingerprint density at radius 3 is 2.79 bits per heavy atom. The highest BCUT2D eigenvalue weighted by molar-refractivity contribution is 9.10. The average molecular weight is 408 g/mol.